The zero-order chi connectivity index (χ0) is 35.5. The molecule has 1 unspecified atom stereocenters. The molecule has 0 aromatic heterocycles. The maximum absolute atomic E-state index is 12.1. The van der Waals surface area contributed by atoms with Gasteiger partial charge in [-0.2, -0.15) is 0 Å². The molecule has 0 radical (unpaired) electrons. The number of carbonyl (C=O) groups excluding carboxylic acids is 2. The summed E-state index contributed by atoms with van der Waals surface area (Å²) in [5, 5.41) is 3.50. The van der Waals surface area contributed by atoms with Gasteiger partial charge in [0.1, 0.15) is 24.2 Å². The van der Waals surface area contributed by atoms with Crippen LogP contribution in [0.25, 0.3) is 11.1 Å². The Morgan fingerprint density at radius 2 is 1.46 bits per heavy atom. The summed E-state index contributed by atoms with van der Waals surface area (Å²) >= 11 is 0. The highest BCUT2D eigenvalue weighted by Gasteiger charge is 2.23. The third-order valence-corrected chi connectivity index (χ3v) is 8.99. The SMILES string of the molecule is CC/C(=C(\c1ccc(OCOC(=O)C(C)(C)C)cc1)c1ccc(OCC(CNCC2CCCCC2)OC(C)=O)cc1)c1ccc2c(c1)OCO2. The molecule has 1 aliphatic heterocycles. The van der Waals surface area contributed by atoms with Crippen molar-refractivity contribution in [3.8, 4) is 23.0 Å². The Kier molecular flexibility index (Phi) is 12.8. The van der Waals surface area contributed by atoms with Gasteiger partial charge in [0.25, 0.3) is 0 Å². The van der Waals surface area contributed by atoms with Gasteiger partial charge in [0.15, 0.2) is 11.5 Å². The lowest BCUT2D eigenvalue weighted by atomic mass is 9.88. The molecule has 0 spiro atoms. The molecule has 268 valence electrons. The molecule has 3 aromatic rings. The first-order chi connectivity index (χ1) is 24.1. The van der Waals surface area contributed by atoms with Crippen molar-refractivity contribution in [2.24, 2.45) is 11.3 Å². The molecule has 1 saturated carbocycles. The summed E-state index contributed by atoms with van der Waals surface area (Å²) in [5.41, 5.74) is 4.61. The van der Waals surface area contributed by atoms with Gasteiger partial charge in [-0.15, -0.1) is 0 Å². The molecule has 9 nitrogen and oxygen atoms in total. The van der Waals surface area contributed by atoms with Gasteiger partial charge in [-0.1, -0.05) is 56.5 Å². The van der Waals surface area contributed by atoms with Crippen LogP contribution in [0.4, 0.5) is 0 Å². The summed E-state index contributed by atoms with van der Waals surface area (Å²) in [6, 6.07) is 21.8. The third-order valence-electron chi connectivity index (χ3n) is 8.99. The number of benzene rings is 3. The smallest absolute Gasteiger partial charge is 0.314 e. The van der Waals surface area contributed by atoms with E-state index in [0.29, 0.717) is 24.0 Å². The largest absolute Gasteiger partial charge is 0.490 e. The first-order valence-corrected chi connectivity index (χ1v) is 17.8. The van der Waals surface area contributed by atoms with Crippen molar-refractivity contribution in [2.45, 2.75) is 79.2 Å². The molecule has 1 heterocycles. The Morgan fingerprint density at radius 1 is 0.840 bits per heavy atom. The zero-order valence-corrected chi connectivity index (χ0v) is 30.0. The Bertz CT molecular complexity index is 1600. The number of esters is 2. The van der Waals surface area contributed by atoms with E-state index in [4.69, 9.17) is 28.4 Å². The lowest BCUT2D eigenvalue weighted by Gasteiger charge is -2.24. The lowest BCUT2D eigenvalue weighted by molar-refractivity contribution is -0.159. The Labute approximate surface area is 296 Å². The molecule has 0 saturated heterocycles. The van der Waals surface area contributed by atoms with Crippen LogP contribution in [0.5, 0.6) is 23.0 Å². The first-order valence-electron chi connectivity index (χ1n) is 17.8. The second-order valence-corrected chi connectivity index (χ2v) is 14.0. The number of allylic oxidation sites excluding steroid dienone is 1. The van der Waals surface area contributed by atoms with E-state index in [-0.39, 0.29) is 38.2 Å². The van der Waals surface area contributed by atoms with E-state index in [9.17, 15) is 9.59 Å². The molecule has 9 heteroatoms. The van der Waals surface area contributed by atoms with Crippen LogP contribution in [-0.4, -0.2) is 51.3 Å². The van der Waals surface area contributed by atoms with E-state index in [2.05, 4.69) is 18.3 Å². The molecule has 1 N–H and O–H groups in total. The summed E-state index contributed by atoms with van der Waals surface area (Å²) in [5.74, 6) is 2.78. The first kappa shape index (κ1) is 36.8. The van der Waals surface area contributed by atoms with Crippen LogP contribution in [0, 0.1) is 11.3 Å². The van der Waals surface area contributed by atoms with Gasteiger partial charge in [0.2, 0.25) is 13.6 Å². The second kappa shape index (κ2) is 17.4. The standard InChI is InChI=1S/C41H51NO8/c1-6-36(32-16-21-37-38(22-32)48-27-47-37)39(31-14-19-34(20-15-31)46-26-49-40(44)41(3,4)5)30-12-17-33(18-13-30)45-25-35(50-28(2)43)24-42-23-29-10-8-7-9-11-29/h12-22,29,35,42H,6-11,23-27H2,1-5H3/b39-36+. The number of fused-ring (bicyclic) bond motifs is 1. The van der Waals surface area contributed by atoms with E-state index in [1.54, 1.807) is 20.8 Å². The third kappa shape index (κ3) is 10.3. The van der Waals surface area contributed by atoms with E-state index >= 15 is 0 Å². The van der Waals surface area contributed by atoms with Crippen LogP contribution in [0.2, 0.25) is 0 Å². The normalized spacial score (nSPS) is 15.5. The molecule has 1 aliphatic carbocycles. The zero-order valence-electron chi connectivity index (χ0n) is 30.0. The fourth-order valence-corrected chi connectivity index (χ4v) is 6.33. The molecule has 1 fully saturated rings. The molecule has 2 aliphatic rings. The summed E-state index contributed by atoms with van der Waals surface area (Å²) in [4.78, 5) is 24.0. The highest BCUT2D eigenvalue weighted by Crippen LogP contribution is 2.40. The van der Waals surface area contributed by atoms with Crippen LogP contribution in [-0.2, 0) is 19.1 Å². The summed E-state index contributed by atoms with van der Waals surface area (Å²) in [7, 11) is 0. The van der Waals surface area contributed by atoms with Crippen molar-refractivity contribution >= 4 is 23.1 Å². The van der Waals surface area contributed by atoms with Crippen LogP contribution < -0.4 is 24.3 Å². The second-order valence-electron chi connectivity index (χ2n) is 14.0. The lowest BCUT2D eigenvalue weighted by Crippen LogP contribution is -2.37. The van der Waals surface area contributed by atoms with Gasteiger partial charge in [-0.25, -0.2) is 0 Å². The van der Waals surface area contributed by atoms with Crippen molar-refractivity contribution < 1.29 is 38.0 Å². The van der Waals surface area contributed by atoms with Crippen LogP contribution in [0.3, 0.4) is 0 Å². The van der Waals surface area contributed by atoms with Crippen molar-refractivity contribution in [3.63, 3.8) is 0 Å². The molecule has 0 amide bonds. The molecular formula is C41H51NO8. The Morgan fingerprint density at radius 3 is 2.08 bits per heavy atom. The fraction of sp³-hybridized carbons (Fsp3) is 0.463. The van der Waals surface area contributed by atoms with Gasteiger partial charge in [-0.3, -0.25) is 9.59 Å². The highest BCUT2D eigenvalue weighted by atomic mass is 16.7. The van der Waals surface area contributed by atoms with Crippen molar-refractivity contribution in [2.75, 3.05) is 33.3 Å². The average molecular weight is 686 g/mol. The Balaban J connectivity index is 1.33. The van der Waals surface area contributed by atoms with Gasteiger partial charge in [-0.05, 0) is 117 Å². The number of rotatable bonds is 15. The van der Waals surface area contributed by atoms with E-state index in [1.807, 2.05) is 60.7 Å². The van der Waals surface area contributed by atoms with E-state index in [1.165, 1.54) is 39.0 Å². The highest BCUT2D eigenvalue weighted by molar-refractivity contribution is 5.99. The molecule has 0 bridgehead atoms. The van der Waals surface area contributed by atoms with Crippen LogP contribution in [0.15, 0.2) is 66.7 Å². The number of ether oxygens (including phenoxy) is 6. The molecule has 50 heavy (non-hydrogen) atoms. The van der Waals surface area contributed by atoms with Crippen molar-refractivity contribution in [1.82, 2.24) is 5.32 Å². The average Bonchev–Trinajstić information content (AvgIpc) is 3.58. The van der Waals surface area contributed by atoms with Crippen molar-refractivity contribution in [1.29, 1.82) is 0 Å². The fourth-order valence-electron chi connectivity index (χ4n) is 6.33. The minimum atomic E-state index is -0.603. The predicted octanol–water partition coefficient (Wildman–Crippen LogP) is 8.19. The summed E-state index contributed by atoms with van der Waals surface area (Å²) in [6.07, 6.45) is 6.80. The van der Waals surface area contributed by atoms with Crippen molar-refractivity contribution in [3.05, 3.63) is 83.4 Å². The van der Waals surface area contributed by atoms with Crippen LogP contribution in [0.1, 0.15) is 89.8 Å². The topological polar surface area (TPSA) is 102 Å². The molecule has 5 rings (SSSR count). The predicted molar refractivity (Wildman–Crippen MR) is 193 cm³/mol. The monoisotopic (exact) mass is 685 g/mol. The number of carbonyl (C=O) groups is 2. The summed E-state index contributed by atoms with van der Waals surface area (Å²) < 4.78 is 34.0. The van der Waals surface area contributed by atoms with E-state index < -0.39 is 5.41 Å². The molecular weight excluding hydrogens is 634 g/mol. The molecule has 3 aromatic carbocycles. The maximum Gasteiger partial charge on any atom is 0.314 e. The molecule has 1 atom stereocenters. The maximum atomic E-state index is 12.1. The van der Waals surface area contributed by atoms with Crippen LogP contribution >= 0.6 is 0 Å². The van der Waals surface area contributed by atoms with Gasteiger partial charge in [0, 0.05) is 13.5 Å². The number of hydrogen-bond acceptors (Lipinski definition) is 9. The number of nitrogens with one attached hydrogen (secondary N) is 1. The minimum Gasteiger partial charge on any atom is -0.490 e. The summed E-state index contributed by atoms with van der Waals surface area (Å²) in [6.45, 7) is 10.8. The quantitative estimate of drug-likeness (QED) is 0.0964. The van der Waals surface area contributed by atoms with Gasteiger partial charge < -0.3 is 33.7 Å². The Hall–Kier alpha value is -4.50. The minimum absolute atomic E-state index is 0.161. The van der Waals surface area contributed by atoms with Gasteiger partial charge >= 0.3 is 11.9 Å². The van der Waals surface area contributed by atoms with Gasteiger partial charge in [0.05, 0.1) is 5.41 Å². The van der Waals surface area contributed by atoms with E-state index in [0.717, 1.165) is 52.3 Å². The number of hydrogen-bond donors (Lipinski definition) is 1.